The molecule has 0 bridgehead atoms. The predicted molar refractivity (Wildman–Crippen MR) is 292 cm³/mol. The van der Waals surface area contributed by atoms with Gasteiger partial charge < -0.3 is 20.3 Å². The first-order valence-electron chi connectivity index (χ1n) is 30.1. The van der Waals surface area contributed by atoms with E-state index >= 15 is 0 Å². The van der Waals surface area contributed by atoms with Crippen molar-refractivity contribution in [3.63, 3.8) is 0 Å². The van der Waals surface area contributed by atoms with Crippen LogP contribution in [0.2, 0.25) is 0 Å². The number of hydrogen-bond acceptors (Lipinski definition) is 5. The standard InChI is InChI=1S/C61H117NO5/c1-3-5-7-9-11-13-33-37-41-45-49-53-59(64)58(57-63)62-60(65)54-50-46-42-38-35-31-29-27-25-23-21-19-17-15-16-18-20-22-24-26-28-30-32-36-40-44-48-52-56-67-61(66)55-51-47-43-39-34-14-12-10-8-6-4-2/h10,12,49,53,58-59,63-64H,3-9,11,13-48,50-52,54-57H2,1-2H3,(H,62,65)/b12-10-,53-49+. The Hall–Kier alpha value is -1.66. The summed E-state index contributed by atoms with van der Waals surface area (Å²) in [6, 6.07) is -0.623. The molecule has 0 aromatic carbocycles. The fourth-order valence-corrected chi connectivity index (χ4v) is 9.32. The van der Waals surface area contributed by atoms with Gasteiger partial charge in [0.05, 0.1) is 25.4 Å². The van der Waals surface area contributed by atoms with Crippen LogP contribution in [0.15, 0.2) is 24.3 Å². The molecule has 2 unspecified atom stereocenters. The number of esters is 1. The summed E-state index contributed by atoms with van der Waals surface area (Å²) < 4.78 is 5.46. The number of carbonyl (C=O) groups is 2. The number of allylic oxidation sites excluding steroid dienone is 3. The highest BCUT2D eigenvalue weighted by molar-refractivity contribution is 5.76. The van der Waals surface area contributed by atoms with Gasteiger partial charge in [0.15, 0.2) is 0 Å². The Labute approximate surface area is 418 Å². The number of ether oxygens (including phenoxy) is 1. The number of aliphatic hydroxyl groups is 2. The molecule has 0 fully saturated rings. The van der Waals surface area contributed by atoms with E-state index in [4.69, 9.17) is 4.74 Å². The van der Waals surface area contributed by atoms with Crippen molar-refractivity contribution < 1.29 is 24.5 Å². The summed E-state index contributed by atoms with van der Waals surface area (Å²) in [6.07, 6.45) is 69.4. The number of nitrogens with one attached hydrogen (secondary N) is 1. The maximum Gasteiger partial charge on any atom is 0.305 e. The van der Waals surface area contributed by atoms with Gasteiger partial charge in [0.2, 0.25) is 5.91 Å². The molecule has 0 aliphatic heterocycles. The molecule has 0 saturated carbocycles. The fourth-order valence-electron chi connectivity index (χ4n) is 9.32. The second-order valence-corrected chi connectivity index (χ2v) is 20.7. The van der Waals surface area contributed by atoms with E-state index in [-0.39, 0.29) is 18.5 Å². The van der Waals surface area contributed by atoms with E-state index in [1.165, 1.54) is 257 Å². The summed E-state index contributed by atoms with van der Waals surface area (Å²) in [5, 5.41) is 23.0. The minimum Gasteiger partial charge on any atom is -0.466 e. The summed E-state index contributed by atoms with van der Waals surface area (Å²) in [4.78, 5) is 24.4. The SMILES string of the molecule is CCCC/C=C\CCCCCCCC(=O)OCCCCCCCCCCCCCCCCCCCCCCCCCCCCCCC(=O)NC(CO)C(O)/C=C/CCCCCCCCCCC. The molecule has 0 saturated heterocycles. The normalized spacial score (nSPS) is 12.7. The van der Waals surface area contributed by atoms with Crippen molar-refractivity contribution in [2.45, 2.75) is 341 Å². The second-order valence-electron chi connectivity index (χ2n) is 20.7. The van der Waals surface area contributed by atoms with Gasteiger partial charge in [0, 0.05) is 12.8 Å². The number of amides is 1. The summed E-state index contributed by atoms with van der Waals surface area (Å²) >= 11 is 0. The Morgan fingerprint density at radius 1 is 0.403 bits per heavy atom. The highest BCUT2D eigenvalue weighted by Crippen LogP contribution is 2.18. The van der Waals surface area contributed by atoms with Crippen LogP contribution in [0.4, 0.5) is 0 Å². The summed E-state index contributed by atoms with van der Waals surface area (Å²) in [5.74, 6) is -0.0580. The van der Waals surface area contributed by atoms with Gasteiger partial charge in [0.25, 0.3) is 0 Å². The van der Waals surface area contributed by atoms with Crippen molar-refractivity contribution in [3.05, 3.63) is 24.3 Å². The molecule has 6 nitrogen and oxygen atoms in total. The van der Waals surface area contributed by atoms with E-state index in [2.05, 4.69) is 31.3 Å². The Balaban J connectivity index is 3.34. The number of aliphatic hydroxyl groups excluding tert-OH is 2. The van der Waals surface area contributed by atoms with Crippen molar-refractivity contribution in [1.82, 2.24) is 5.32 Å². The molecule has 0 rings (SSSR count). The Morgan fingerprint density at radius 2 is 0.716 bits per heavy atom. The first-order chi connectivity index (χ1) is 33.0. The Bertz CT molecular complexity index is 1040. The largest absolute Gasteiger partial charge is 0.466 e. The zero-order valence-electron chi connectivity index (χ0n) is 45.1. The average Bonchev–Trinajstić information content (AvgIpc) is 3.33. The molecule has 0 aromatic rings. The maximum absolute atomic E-state index is 12.4. The van der Waals surface area contributed by atoms with E-state index in [1.54, 1.807) is 6.08 Å². The maximum atomic E-state index is 12.4. The fraction of sp³-hybridized carbons (Fsp3) is 0.902. The van der Waals surface area contributed by atoms with Gasteiger partial charge in [-0.2, -0.15) is 0 Å². The third-order valence-electron chi connectivity index (χ3n) is 14.0. The number of unbranched alkanes of at least 4 members (excludes halogenated alkanes) is 43. The van der Waals surface area contributed by atoms with Crippen molar-refractivity contribution in [2.75, 3.05) is 13.2 Å². The van der Waals surface area contributed by atoms with E-state index in [0.29, 0.717) is 19.4 Å². The first kappa shape index (κ1) is 65.3. The highest BCUT2D eigenvalue weighted by Gasteiger charge is 2.18. The topological polar surface area (TPSA) is 95.9 Å². The minimum absolute atomic E-state index is 0.00724. The smallest absolute Gasteiger partial charge is 0.305 e. The molecule has 396 valence electrons. The van der Waals surface area contributed by atoms with Crippen molar-refractivity contribution in [1.29, 1.82) is 0 Å². The van der Waals surface area contributed by atoms with E-state index in [0.717, 1.165) is 44.9 Å². The molecule has 1 amide bonds. The van der Waals surface area contributed by atoms with E-state index in [1.807, 2.05) is 6.08 Å². The Kier molecular flexibility index (Phi) is 55.5. The monoisotopic (exact) mass is 944 g/mol. The van der Waals surface area contributed by atoms with Crippen molar-refractivity contribution in [2.24, 2.45) is 0 Å². The second kappa shape index (κ2) is 56.9. The van der Waals surface area contributed by atoms with Crippen LogP contribution in [0.1, 0.15) is 328 Å². The zero-order chi connectivity index (χ0) is 48.6. The van der Waals surface area contributed by atoms with Crippen LogP contribution in [0.3, 0.4) is 0 Å². The quantitative estimate of drug-likeness (QED) is 0.0321. The van der Waals surface area contributed by atoms with Crippen LogP contribution in [-0.2, 0) is 14.3 Å². The first-order valence-corrected chi connectivity index (χ1v) is 30.1. The highest BCUT2D eigenvalue weighted by atomic mass is 16.5. The van der Waals surface area contributed by atoms with Gasteiger partial charge >= 0.3 is 5.97 Å². The molecule has 0 aliphatic rings. The average molecular weight is 945 g/mol. The molecule has 2 atom stereocenters. The lowest BCUT2D eigenvalue weighted by atomic mass is 10.0. The minimum atomic E-state index is -0.840. The van der Waals surface area contributed by atoms with Gasteiger partial charge in [-0.25, -0.2) is 0 Å². The van der Waals surface area contributed by atoms with Crippen molar-refractivity contribution in [3.8, 4) is 0 Å². The lowest BCUT2D eigenvalue weighted by Gasteiger charge is -2.20. The summed E-state index contributed by atoms with van der Waals surface area (Å²) in [6.45, 7) is 4.87. The van der Waals surface area contributed by atoms with Crippen molar-refractivity contribution >= 4 is 11.9 Å². The molecular weight excluding hydrogens is 827 g/mol. The van der Waals surface area contributed by atoms with Gasteiger partial charge in [0.1, 0.15) is 0 Å². The van der Waals surface area contributed by atoms with E-state index < -0.39 is 12.1 Å². The third-order valence-corrected chi connectivity index (χ3v) is 14.0. The molecule has 0 aliphatic carbocycles. The number of rotatable bonds is 56. The molecule has 6 heteroatoms. The van der Waals surface area contributed by atoms with Crippen LogP contribution >= 0.6 is 0 Å². The van der Waals surface area contributed by atoms with Gasteiger partial charge in [-0.05, 0) is 51.4 Å². The summed E-state index contributed by atoms with van der Waals surface area (Å²) in [7, 11) is 0. The molecule has 0 radical (unpaired) electrons. The van der Waals surface area contributed by atoms with Crippen LogP contribution in [0.5, 0.6) is 0 Å². The van der Waals surface area contributed by atoms with Gasteiger partial charge in [-0.15, -0.1) is 0 Å². The lowest BCUT2D eigenvalue weighted by molar-refractivity contribution is -0.143. The van der Waals surface area contributed by atoms with Crippen LogP contribution < -0.4 is 5.32 Å². The molecule has 0 spiro atoms. The Morgan fingerprint density at radius 3 is 1.10 bits per heavy atom. The molecule has 0 heterocycles. The van der Waals surface area contributed by atoms with Gasteiger partial charge in [-0.3, -0.25) is 9.59 Å². The number of hydrogen-bond donors (Lipinski definition) is 3. The molecule has 67 heavy (non-hydrogen) atoms. The molecular formula is C61H117NO5. The van der Waals surface area contributed by atoms with Gasteiger partial charge in [-0.1, -0.05) is 289 Å². The lowest BCUT2D eigenvalue weighted by Crippen LogP contribution is -2.45. The number of carbonyl (C=O) groups excluding carboxylic acids is 2. The van der Waals surface area contributed by atoms with Crippen LogP contribution in [-0.4, -0.2) is 47.4 Å². The van der Waals surface area contributed by atoms with Crippen LogP contribution in [0.25, 0.3) is 0 Å². The molecule has 3 N–H and O–H groups in total. The predicted octanol–water partition coefficient (Wildman–Crippen LogP) is 18.6. The third kappa shape index (κ3) is 53.5. The summed E-state index contributed by atoms with van der Waals surface area (Å²) in [5.41, 5.74) is 0. The van der Waals surface area contributed by atoms with E-state index in [9.17, 15) is 19.8 Å². The zero-order valence-corrected chi connectivity index (χ0v) is 45.1. The van der Waals surface area contributed by atoms with Crippen LogP contribution in [0, 0.1) is 0 Å². The molecule has 0 aromatic heterocycles.